The Morgan fingerprint density at radius 3 is 2.74 bits per heavy atom. The highest BCUT2D eigenvalue weighted by molar-refractivity contribution is 5.83. The van der Waals surface area contributed by atoms with Gasteiger partial charge in [-0.2, -0.15) is 0 Å². The van der Waals surface area contributed by atoms with Gasteiger partial charge in [0.05, 0.1) is 6.10 Å². The van der Waals surface area contributed by atoms with Gasteiger partial charge in [-0.3, -0.25) is 4.79 Å². The third-order valence-corrected chi connectivity index (χ3v) is 4.57. The van der Waals surface area contributed by atoms with E-state index in [1.807, 2.05) is 18.2 Å². The average Bonchev–Trinajstić information content (AvgIpc) is 2.48. The van der Waals surface area contributed by atoms with Crippen LogP contribution in [-0.2, 0) is 9.53 Å². The number of ketones is 1. The second-order valence-electron chi connectivity index (χ2n) is 5.68. The molecule has 3 nitrogen and oxygen atoms in total. The molecular formula is C16H21NO2. The van der Waals surface area contributed by atoms with E-state index >= 15 is 0 Å². The maximum Gasteiger partial charge on any atom is 0.139 e. The van der Waals surface area contributed by atoms with E-state index < -0.39 is 0 Å². The number of methoxy groups -OCH3 is 1. The zero-order valence-electron chi connectivity index (χ0n) is 11.3. The smallest absolute Gasteiger partial charge is 0.139 e. The largest absolute Gasteiger partial charge is 0.381 e. The fourth-order valence-electron chi connectivity index (χ4n) is 3.47. The number of fused-ring (bicyclic) bond motifs is 1. The quantitative estimate of drug-likeness (QED) is 0.886. The molecule has 0 amide bonds. The SMILES string of the molecule is COC1CCC2NC(c3ccccc3)CC(=O)C2C1. The Hall–Kier alpha value is -1.19. The van der Waals surface area contributed by atoms with Crippen molar-refractivity contribution in [3.05, 3.63) is 35.9 Å². The van der Waals surface area contributed by atoms with E-state index in [0.29, 0.717) is 18.2 Å². The summed E-state index contributed by atoms with van der Waals surface area (Å²) in [6.07, 6.45) is 3.86. The van der Waals surface area contributed by atoms with Crippen molar-refractivity contribution in [2.45, 2.75) is 43.9 Å². The first kappa shape index (κ1) is 12.8. The molecule has 2 aliphatic rings. The van der Waals surface area contributed by atoms with Gasteiger partial charge in [0.1, 0.15) is 5.78 Å². The van der Waals surface area contributed by atoms with E-state index in [-0.39, 0.29) is 18.1 Å². The zero-order chi connectivity index (χ0) is 13.2. The van der Waals surface area contributed by atoms with Crippen LogP contribution in [0.2, 0.25) is 0 Å². The predicted octanol–water partition coefficient (Wildman–Crippen LogP) is 2.47. The van der Waals surface area contributed by atoms with Gasteiger partial charge in [-0.15, -0.1) is 0 Å². The molecule has 0 spiro atoms. The molecule has 1 saturated heterocycles. The molecule has 1 heterocycles. The van der Waals surface area contributed by atoms with Crippen molar-refractivity contribution in [3.8, 4) is 0 Å². The van der Waals surface area contributed by atoms with Gasteiger partial charge in [0.15, 0.2) is 0 Å². The van der Waals surface area contributed by atoms with Crippen LogP contribution >= 0.6 is 0 Å². The second-order valence-corrected chi connectivity index (χ2v) is 5.68. The van der Waals surface area contributed by atoms with E-state index in [1.54, 1.807) is 7.11 Å². The number of rotatable bonds is 2. The Morgan fingerprint density at radius 2 is 2.00 bits per heavy atom. The number of nitrogens with one attached hydrogen (secondary N) is 1. The van der Waals surface area contributed by atoms with Gasteiger partial charge < -0.3 is 10.1 Å². The van der Waals surface area contributed by atoms with Crippen molar-refractivity contribution in [2.24, 2.45) is 5.92 Å². The van der Waals surface area contributed by atoms with E-state index in [9.17, 15) is 4.79 Å². The van der Waals surface area contributed by atoms with Crippen molar-refractivity contribution >= 4 is 5.78 Å². The van der Waals surface area contributed by atoms with E-state index in [0.717, 1.165) is 19.3 Å². The van der Waals surface area contributed by atoms with Crippen LogP contribution in [0.25, 0.3) is 0 Å². The summed E-state index contributed by atoms with van der Waals surface area (Å²) < 4.78 is 5.42. The Kier molecular flexibility index (Phi) is 3.67. The predicted molar refractivity (Wildman–Crippen MR) is 73.9 cm³/mol. The van der Waals surface area contributed by atoms with Gasteiger partial charge in [0.2, 0.25) is 0 Å². The van der Waals surface area contributed by atoms with Crippen LogP contribution in [0.1, 0.15) is 37.3 Å². The van der Waals surface area contributed by atoms with Crippen molar-refractivity contribution < 1.29 is 9.53 Å². The molecular weight excluding hydrogens is 238 g/mol. The first-order valence-electron chi connectivity index (χ1n) is 7.14. The molecule has 4 atom stereocenters. The molecule has 1 saturated carbocycles. The van der Waals surface area contributed by atoms with Crippen LogP contribution in [0.5, 0.6) is 0 Å². The standard InChI is InChI=1S/C16H21NO2/c1-19-12-7-8-14-13(9-12)16(18)10-15(17-14)11-5-3-2-4-6-11/h2-6,12-15,17H,7-10H2,1H3. The van der Waals surface area contributed by atoms with Crippen LogP contribution < -0.4 is 5.32 Å². The number of piperidine rings is 1. The molecule has 0 aromatic heterocycles. The number of ether oxygens (including phenoxy) is 1. The Bertz CT molecular complexity index is 445. The van der Waals surface area contributed by atoms with Gasteiger partial charge in [-0.05, 0) is 24.8 Å². The number of benzene rings is 1. The third kappa shape index (κ3) is 2.58. The second kappa shape index (κ2) is 5.43. The average molecular weight is 259 g/mol. The van der Waals surface area contributed by atoms with E-state index in [1.165, 1.54) is 5.56 Å². The fourth-order valence-corrected chi connectivity index (χ4v) is 3.47. The van der Waals surface area contributed by atoms with Gasteiger partial charge in [-0.1, -0.05) is 30.3 Å². The number of carbonyl (C=O) groups is 1. The molecule has 3 heteroatoms. The molecule has 3 rings (SSSR count). The summed E-state index contributed by atoms with van der Waals surface area (Å²) in [7, 11) is 1.75. The normalized spacial score (nSPS) is 34.9. The first-order valence-corrected chi connectivity index (χ1v) is 7.14. The Balaban J connectivity index is 1.74. The van der Waals surface area contributed by atoms with Gasteiger partial charge in [0.25, 0.3) is 0 Å². The molecule has 1 aliphatic heterocycles. The highest BCUT2D eigenvalue weighted by atomic mass is 16.5. The lowest BCUT2D eigenvalue weighted by molar-refractivity contribution is -0.130. The van der Waals surface area contributed by atoms with Crippen molar-refractivity contribution in [1.29, 1.82) is 0 Å². The molecule has 1 N–H and O–H groups in total. The molecule has 1 aromatic rings. The highest BCUT2D eigenvalue weighted by Crippen LogP contribution is 2.35. The molecule has 102 valence electrons. The lowest BCUT2D eigenvalue weighted by Gasteiger charge is -2.41. The van der Waals surface area contributed by atoms with Crippen LogP contribution in [0.3, 0.4) is 0 Å². The van der Waals surface area contributed by atoms with Crippen LogP contribution in [0, 0.1) is 5.92 Å². The van der Waals surface area contributed by atoms with Gasteiger partial charge in [-0.25, -0.2) is 0 Å². The number of hydrogen-bond donors (Lipinski definition) is 1. The van der Waals surface area contributed by atoms with E-state index in [2.05, 4.69) is 17.4 Å². The fraction of sp³-hybridized carbons (Fsp3) is 0.562. The summed E-state index contributed by atoms with van der Waals surface area (Å²) in [6.45, 7) is 0. The first-order chi connectivity index (χ1) is 9.28. The van der Waals surface area contributed by atoms with E-state index in [4.69, 9.17) is 4.74 Å². The lowest BCUT2D eigenvalue weighted by Crippen LogP contribution is -2.51. The summed E-state index contributed by atoms with van der Waals surface area (Å²) in [5.41, 5.74) is 1.23. The summed E-state index contributed by atoms with van der Waals surface area (Å²) in [4.78, 5) is 12.4. The van der Waals surface area contributed by atoms with Crippen LogP contribution in [0.15, 0.2) is 30.3 Å². The highest BCUT2D eigenvalue weighted by Gasteiger charge is 2.40. The summed E-state index contributed by atoms with van der Waals surface area (Å²) in [5.74, 6) is 0.554. The maximum atomic E-state index is 12.4. The lowest BCUT2D eigenvalue weighted by atomic mass is 9.75. The molecule has 0 bridgehead atoms. The number of carbonyl (C=O) groups excluding carboxylic acids is 1. The molecule has 19 heavy (non-hydrogen) atoms. The number of Topliss-reactive ketones (excluding diaryl/α,β-unsaturated/α-hetero) is 1. The van der Waals surface area contributed by atoms with Crippen molar-refractivity contribution in [3.63, 3.8) is 0 Å². The van der Waals surface area contributed by atoms with Gasteiger partial charge in [0, 0.05) is 31.5 Å². The third-order valence-electron chi connectivity index (χ3n) is 4.57. The monoisotopic (exact) mass is 259 g/mol. The minimum atomic E-state index is 0.152. The number of hydrogen-bond acceptors (Lipinski definition) is 3. The molecule has 1 aromatic carbocycles. The molecule has 1 aliphatic carbocycles. The van der Waals surface area contributed by atoms with Gasteiger partial charge >= 0.3 is 0 Å². The molecule has 0 radical (unpaired) electrons. The summed E-state index contributed by atoms with van der Waals surface area (Å²) in [6, 6.07) is 10.8. The Labute approximate surface area is 114 Å². The summed E-state index contributed by atoms with van der Waals surface area (Å²) in [5, 5.41) is 3.67. The Morgan fingerprint density at radius 1 is 1.21 bits per heavy atom. The minimum absolute atomic E-state index is 0.152. The van der Waals surface area contributed by atoms with Crippen molar-refractivity contribution in [1.82, 2.24) is 5.32 Å². The maximum absolute atomic E-state index is 12.4. The van der Waals surface area contributed by atoms with Crippen LogP contribution in [-0.4, -0.2) is 25.0 Å². The van der Waals surface area contributed by atoms with Crippen molar-refractivity contribution in [2.75, 3.05) is 7.11 Å². The molecule has 4 unspecified atom stereocenters. The molecule has 2 fully saturated rings. The van der Waals surface area contributed by atoms with Crippen LogP contribution in [0.4, 0.5) is 0 Å². The zero-order valence-corrected chi connectivity index (χ0v) is 11.3. The minimum Gasteiger partial charge on any atom is -0.381 e. The summed E-state index contributed by atoms with van der Waals surface area (Å²) >= 11 is 0. The topological polar surface area (TPSA) is 38.3 Å².